The van der Waals surface area contributed by atoms with Gasteiger partial charge < -0.3 is 10.5 Å². The second-order valence-electron chi connectivity index (χ2n) is 4.38. The van der Waals surface area contributed by atoms with E-state index in [0.717, 1.165) is 9.13 Å². The van der Waals surface area contributed by atoms with Gasteiger partial charge in [0.2, 0.25) is 0 Å². The number of nitrogen functional groups attached to an aromatic ring is 1. The molecule has 0 aliphatic carbocycles. The SMILES string of the molecule is COCc1nc(-c2cc([N+](=O)[O-])ccc2C)nc(N)c1I. The predicted molar refractivity (Wildman–Crippen MR) is 86.7 cm³/mol. The Balaban J connectivity index is 2.61. The van der Waals surface area contributed by atoms with E-state index in [-0.39, 0.29) is 5.69 Å². The first-order chi connectivity index (χ1) is 9.93. The number of nitro groups is 1. The standard InChI is InChI=1S/C13H13IN4O3/c1-7-3-4-8(18(19)20)5-9(7)13-16-10(6-21-2)11(14)12(15)17-13/h3-5H,6H2,1-2H3,(H2,15,16,17). The molecule has 1 aromatic heterocycles. The summed E-state index contributed by atoms with van der Waals surface area (Å²) in [6.45, 7) is 2.14. The number of non-ortho nitro benzene ring substituents is 1. The van der Waals surface area contributed by atoms with Crippen molar-refractivity contribution in [2.24, 2.45) is 0 Å². The number of aryl methyl sites for hydroxylation is 1. The summed E-state index contributed by atoms with van der Waals surface area (Å²) in [5, 5.41) is 10.9. The Bertz CT molecular complexity index is 706. The maximum atomic E-state index is 10.9. The van der Waals surface area contributed by atoms with Gasteiger partial charge in [0.1, 0.15) is 5.82 Å². The summed E-state index contributed by atoms with van der Waals surface area (Å²) >= 11 is 2.05. The Morgan fingerprint density at radius 3 is 2.76 bits per heavy atom. The largest absolute Gasteiger partial charge is 0.383 e. The first-order valence-electron chi connectivity index (χ1n) is 6.00. The quantitative estimate of drug-likeness (QED) is 0.481. The third-order valence-electron chi connectivity index (χ3n) is 2.90. The number of halogens is 1. The van der Waals surface area contributed by atoms with Crippen molar-refractivity contribution in [1.29, 1.82) is 0 Å². The molecule has 0 spiro atoms. The van der Waals surface area contributed by atoms with E-state index in [4.69, 9.17) is 10.5 Å². The average molecular weight is 400 g/mol. The van der Waals surface area contributed by atoms with Crippen LogP contribution in [0, 0.1) is 20.6 Å². The van der Waals surface area contributed by atoms with Crippen LogP contribution in [-0.4, -0.2) is 22.0 Å². The number of benzene rings is 1. The van der Waals surface area contributed by atoms with Gasteiger partial charge in [-0.15, -0.1) is 0 Å². The number of methoxy groups -OCH3 is 1. The number of ether oxygens (including phenoxy) is 1. The van der Waals surface area contributed by atoms with Crippen molar-refractivity contribution >= 4 is 34.1 Å². The van der Waals surface area contributed by atoms with Crippen molar-refractivity contribution < 1.29 is 9.66 Å². The fourth-order valence-electron chi connectivity index (χ4n) is 1.83. The van der Waals surface area contributed by atoms with Gasteiger partial charge in [-0.05, 0) is 35.1 Å². The van der Waals surface area contributed by atoms with E-state index in [1.807, 2.05) is 6.92 Å². The number of nitro benzene ring substituents is 1. The molecule has 0 amide bonds. The molecule has 1 aromatic carbocycles. The van der Waals surface area contributed by atoms with E-state index in [1.54, 1.807) is 13.2 Å². The molecule has 2 N–H and O–H groups in total. The maximum Gasteiger partial charge on any atom is 0.270 e. The van der Waals surface area contributed by atoms with Crippen molar-refractivity contribution in [2.75, 3.05) is 12.8 Å². The molecular formula is C13H13IN4O3. The second-order valence-corrected chi connectivity index (χ2v) is 5.46. The molecule has 2 aromatic rings. The van der Waals surface area contributed by atoms with Gasteiger partial charge in [0.15, 0.2) is 5.82 Å². The van der Waals surface area contributed by atoms with Crippen LogP contribution in [0.5, 0.6) is 0 Å². The Morgan fingerprint density at radius 2 is 2.14 bits per heavy atom. The lowest BCUT2D eigenvalue weighted by Crippen LogP contribution is -2.06. The molecule has 0 unspecified atom stereocenters. The number of hydrogen-bond acceptors (Lipinski definition) is 6. The van der Waals surface area contributed by atoms with Gasteiger partial charge in [0.25, 0.3) is 5.69 Å². The molecule has 110 valence electrons. The summed E-state index contributed by atoms with van der Waals surface area (Å²) in [5.41, 5.74) is 7.96. The minimum absolute atomic E-state index is 0.00962. The summed E-state index contributed by atoms with van der Waals surface area (Å²) in [5.74, 6) is 0.694. The molecule has 8 heteroatoms. The Hall–Kier alpha value is -1.81. The molecule has 0 bridgehead atoms. The molecule has 0 saturated carbocycles. The topological polar surface area (TPSA) is 104 Å². The molecule has 2 rings (SSSR count). The zero-order valence-corrected chi connectivity index (χ0v) is 13.6. The van der Waals surface area contributed by atoms with E-state index >= 15 is 0 Å². The predicted octanol–water partition coefficient (Wildman–Crippen LogP) is 2.69. The molecule has 0 saturated heterocycles. The third kappa shape index (κ3) is 3.27. The van der Waals surface area contributed by atoms with Crippen molar-refractivity contribution in [3.63, 3.8) is 0 Å². The van der Waals surface area contributed by atoms with Gasteiger partial charge in [-0.2, -0.15) is 0 Å². The minimum atomic E-state index is -0.449. The Kier molecular flexibility index (Phi) is 4.68. The smallest absolute Gasteiger partial charge is 0.270 e. The summed E-state index contributed by atoms with van der Waals surface area (Å²) in [7, 11) is 1.56. The lowest BCUT2D eigenvalue weighted by molar-refractivity contribution is -0.384. The highest BCUT2D eigenvalue weighted by molar-refractivity contribution is 14.1. The highest BCUT2D eigenvalue weighted by Crippen LogP contribution is 2.28. The molecule has 0 fully saturated rings. The van der Waals surface area contributed by atoms with Crippen LogP contribution in [0.2, 0.25) is 0 Å². The molecular weight excluding hydrogens is 387 g/mol. The van der Waals surface area contributed by atoms with Crippen molar-refractivity contribution in [3.05, 3.63) is 43.1 Å². The normalized spacial score (nSPS) is 10.6. The number of rotatable bonds is 4. The number of hydrogen-bond donors (Lipinski definition) is 1. The molecule has 0 aliphatic heterocycles. The van der Waals surface area contributed by atoms with Crippen LogP contribution in [0.3, 0.4) is 0 Å². The molecule has 0 radical (unpaired) electrons. The van der Waals surface area contributed by atoms with Gasteiger partial charge in [-0.25, -0.2) is 9.97 Å². The number of nitrogens with zero attached hydrogens (tertiary/aromatic N) is 3. The van der Waals surface area contributed by atoms with Crippen molar-refractivity contribution in [1.82, 2.24) is 9.97 Å². The molecule has 1 heterocycles. The lowest BCUT2D eigenvalue weighted by Gasteiger charge is -2.10. The highest BCUT2D eigenvalue weighted by atomic mass is 127. The molecule has 21 heavy (non-hydrogen) atoms. The monoisotopic (exact) mass is 400 g/mol. The van der Waals surface area contributed by atoms with E-state index in [1.165, 1.54) is 12.1 Å². The number of anilines is 1. The van der Waals surface area contributed by atoms with Crippen LogP contribution in [0.15, 0.2) is 18.2 Å². The van der Waals surface area contributed by atoms with E-state index in [2.05, 4.69) is 32.6 Å². The van der Waals surface area contributed by atoms with E-state index < -0.39 is 4.92 Å². The van der Waals surface area contributed by atoms with Gasteiger partial charge >= 0.3 is 0 Å². The van der Waals surface area contributed by atoms with Gasteiger partial charge in [-0.3, -0.25) is 10.1 Å². The van der Waals surface area contributed by atoms with E-state index in [9.17, 15) is 10.1 Å². The minimum Gasteiger partial charge on any atom is -0.383 e. The lowest BCUT2D eigenvalue weighted by atomic mass is 10.1. The van der Waals surface area contributed by atoms with Crippen LogP contribution < -0.4 is 5.73 Å². The first kappa shape index (κ1) is 15.6. The maximum absolute atomic E-state index is 10.9. The van der Waals surface area contributed by atoms with Crippen LogP contribution in [0.25, 0.3) is 11.4 Å². The molecule has 7 nitrogen and oxygen atoms in total. The van der Waals surface area contributed by atoms with Crippen molar-refractivity contribution in [2.45, 2.75) is 13.5 Å². The van der Waals surface area contributed by atoms with Crippen LogP contribution in [-0.2, 0) is 11.3 Å². The zero-order valence-electron chi connectivity index (χ0n) is 11.5. The highest BCUT2D eigenvalue weighted by Gasteiger charge is 2.16. The van der Waals surface area contributed by atoms with Crippen LogP contribution >= 0.6 is 22.6 Å². The molecule has 0 atom stereocenters. The summed E-state index contributed by atoms with van der Waals surface area (Å²) in [4.78, 5) is 19.1. The van der Waals surface area contributed by atoms with Crippen LogP contribution in [0.1, 0.15) is 11.3 Å². The first-order valence-corrected chi connectivity index (χ1v) is 7.08. The fraction of sp³-hybridized carbons (Fsp3) is 0.231. The van der Waals surface area contributed by atoms with E-state index in [0.29, 0.717) is 29.5 Å². The fourth-order valence-corrected chi connectivity index (χ4v) is 2.23. The van der Waals surface area contributed by atoms with Gasteiger partial charge in [0, 0.05) is 24.8 Å². The second kappa shape index (κ2) is 6.31. The number of aromatic nitrogens is 2. The molecule has 0 aliphatic rings. The van der Waals surface area contributed by atoms with Crippen molar-refractivity contribution in [3.8, 4) is 11.4 Å². The third-order valence-corrected chi connectivity index (χ3v) is 4.07. The summed E-state index contributed by atoms with van der Waals surface area (Å²) in [6.07, 6.45) is 0. The number of nitrogens with two attached hydrogens (primary N) is 1. The average Bonchev–Trinajstić information content (AvgIpc) is 2.44. The van der Waals surface area contributed by atoms with Gasteiger partial charge in [-0.1, -0.05) is 6.07 Å². The summed E-state index contributed by atoms with van der Waals surface area (Å²) < 4.78 is 5.81. The summed E-state index contributed by atoms with van der Waals surface area (Å²) in [6, 6.07) is 4.57. The Labute approximate surface area is 134 Å². The van der Waals surface area contributed by atoms with Gasteiger partial charge in [0.05, 0.1) is 20.8 Å². The zero-order chi connectivity index (χ0) is 15.6. The Morgan fingerprint density at radius 1 is 1.43 bits per heavy atom. The van der Waals surface area contributed by atoms with Crippen LogP contribution in [0.4, 0.5) is 11.5 Å².